The number of nitrogens with zero attached hydrogens (tertiary/aromatic N) is 3. The number of hydrogen-bond acceptors (Lipinski definition) is 4. The zero-order chi connectivity index (χ0) is 16.8. The summed E-state index contributed by atoms with van der Waals surface area (Å²) in [5, 5.41) is 11.0. The van der Waals surface area contributed by atoms with Crippen LogP contribution in [-0.2, 0) is 0 Å². The first-order valence-electron chi connectivity index (χ1n) is 8.47. The van der Waals surface area contributed by atoms with Crippen molar-refractivity contribution in [2.75, 3.05) is 53.9 Å². The van der Waals surface area contributed by atoms with Crippen LogP contribution in [0, 0.1) is 0 Å². The summed E-state index contributed by atoms with van der Waals surface area (Å²) in [6.07, 6.45) is 1.96. The average Bonchev–Trinajstić information content (AvgIpc) is 2.53. The molecule has 0 spiro atoms. The van der Waals surface area contributed by atoms with Crippen LogP contribution in [0.2, 0.25) is 5.02 Å². The first-order valence-corrected chi connectivity index (χ1v) is 8.85. The van der Waals surface area contributed by atoms with Gasteiger partial charge in [0.1, 0.15) is 0 Å². The van der Waals surface area contributed by atoms with E-state index in [4.69, 9.17) is 11.6 Å². The number of hydrogen-bond donors (Lipinski definition) is 1. The van der Waals surface area contributed by atoms with E-state index >= 15 is 0 Å². The second kappa shape index (κ2) is 9.00. The van der Waals surface area contributed by atoms with Gasteiger partial charge in [-0.1, -0.05) is 29.8 Å². The normalized spacial score (nSPS) is 18.7. The molecule has 1 saturated heterocycles. The van der Waals surface area contributed by atoms with Crippen LogP contribution in [0.3, 0.4) is 0 Å². The van der Waals surface area contributed by atoms with Crippen molar-refractivity contribution >= 4 is 11.6 Å². The van der Waals surface area contributed by atoms with Crippen LogP contribution in [0.5, 0.6) is 0 Å². The molecule has 0 radical (unpaired) electrons. The van der Waals surface area contributed by atoms with Crippen LogP contribution in [0.4, 0.5) is 0 Å². The molecule has 2 rings (SSSR count). The van der Waals surface area contributed by atoms with Crippen molar-refractivity contribution in [1.29, 1.82) is 0 Å². The van der Waals surface area contributed by atoms with E-state index in [9.17, 15) is 5.11 Å². The third-order valence-corrected chi connectivity index (χ3v) is 5.24. The number of halogens is 1. The summed E-state index contributed by atoms with van der Waals surface area (Å²) in [7, 11) is 6.47. The third-order valence-electron chi connectivity index (χ3n) is 4.89. The van der Waals surface area contributed by atoms with E-state index in [2.05, 4.69) is 35.8 Å². The fraction of sp³-hybridized carbons (Fsp3) is 0.667. The monoisotopic (exact) mass is 339 g/mol. The zero-order valence-corrected chi connectivity index (χ0v) is 15.3. The molecular formula is C18H30ClN3O. The lowest BCUT2D eigenvalue weighted by molar-refractivity contribution is 0.104. The topological polar surface area (TPSA) is 30.0 Å². The summed E-state index contributed by atoms with van der Waals surface area (Å²) in [6, 6.07) is 8.21. The molecule has 0 aliphatic carbocycles. The lowest BCUT2D eigenvalue weighted by atomic mass is 10.0. The summed E-state index contributed by atoms with van der Waals surface area (Å²) >= 11 is 6.15. The Kier molecular flexibility index (Phi) is 7.31. The molecule has 1 fully saturated rings. The fourth-order valence-corrected chi connectivity index (χ4v) is 3.44. The molecule has 1 aliphatic rings. The average molecular weight is 340 g/mol. The molecule has 1 aromatic carbocycles. The van der Waals surface area contributed by atoms with E-state index in [1.165, 1.54) is 25.9 Å². The summed E-state index contributed by atoms with van der Waals surface area (Å²) in [5.74, 6) is 0. The van der Waals surface area contributed by atoms with Crippen molar-refractivity contribution in [2.24, 2.45) is 0 Å². The Morgan fingerprint density at radius 2 is 1.87 bits per heavy atom. The second-order valence-corrected chi connectivity index (χ2v) is 7.22. The molecule has 0 amide bonds. The number of likely N-dealkylation sites (tertiary alicyclic amines) is 1. The maximum atomic E-state index is 10.4. The molecule has 1 aromatic rings. The van der Waals surface area contributed by atoms with E-state index in [0.717, 1.165) is 18.7 Å². The number of aliphatic hydroxyl groups excluding tert-OH is 1. The molecular weight excluding hydrogens is 310 g/mol. The highest BCUT2D eigenvalue weighted by atomic mass is 35.5. The molecule has 5 heteroatoms. The van der Waals surface area contributed by atoms with E-state index in [-0.39, 0.29) is 0 Å². The Morgan fingerprint density at radius 3 is 2.52 bits per heavy atom. The largest absolute Gasteiger partial charge is 0.387 e. The highest BCUT2D eigenvalue weighted by Crippen LogP contribution is 2.23. The van der Waals surface area contributed by atoms with Crippen LogP contribution in [0.15, 0.2) is 24.3 Å². The van der Waals surface area contributed by atoms with Gasteiger partial charge in [-0.25, -0.2) is 0 Å². The Morgan fingerprint density at radius 1 is 1.22 bits per heavy atom. The molecule has 0 bridgehead atoms. The van der Waals surface area contributed by atoms with E-state index < -0.39 is 6.10 Å². The summed E-state index contributed by atoms with van der Waals surface area (Å²) in [6.45, 7) is 4.96. The number of aliphatic hydroxyl groups is 1. The minimum Gasteiger partial charge on any atom is -0.387 e. The van der Waals surface area contributed by atoms with Gasteiger partial charge in [-0.2, -0.15) is 0 Å². The highest BCUT2D eigenvalue weighted by molar-refractivity contribution is 6.31. The zero-order valence-electron chi connectivity index (χ0n) is 14.6. The second-order valence-electron chi connectivity index (χ2n) is 6.81. The van der Waals surface area contributed by atoms with Crippen molar-refractivity contribution in [3.05, 3.63) is 34.9 Å². The van der Waals surface area contributed by atoms with Gasteiger partial charge in [0, 0.05) is 36.3 Å². The molecule has 1 atom stereocenters. The quantitative estimate of drug-likeness (QED) is 0.825. The lowest BCUT2D eigenvalue weighted by Crippen LogP contribution is -2.44. The number of likely N-dealkylation sites (N-methyl/N-ethyl adjacent to an activating group) is 2. The van der Waals surface area contributed by atoms with Gasteiger partial charge < -0.3 is 19.8 Å². The van der Waals surface area contributed by atoms with Crippen molar-refractivity contribution in [2.45, 2.75) is 25.0 Å². The molecule has 130 valence electrons. The summed E-state index contributed by atoms with van der Waals surface area (Å²) in [5.41, 5.74) is 0.810. The lowest BCUT2D eigenvalue weighted by Gasteiger charge is -2.36. The molecule has 1 unspecified atom stereocenters. The maximum Gasteiger partial charge on any atom is 0.0931 e. The molecule has 1 aliphatic heterocycles. The Bertz CT molecular complexity index is 477. The minimum absolute atomic E-state index is 0.540. The highest BCUT2D eigenvalue weighted by Gasteiger charge is 2.21. The molecule has 23 heavy (non-hydrogen) atoms. The van der Waals surface area contributed by atoms with Crippen molar-refractivity contribution in [1.82, 2.24) is 14.7 Å². The predicted octanol–water partition coefficient (Wildman–Crippen LogP) is 2.33. The summed E-state index contributed by atoms with van der Waals surface area (Å²) < 4.78 is 0. The molecule has 0 saturated carbocycles. The Balaban J connectivity index is 1.74. The van der Waals surface area contributed by atoms with Crippen molar-refractivity contribution in [3.8, 4) is 0 Å². The number of piperidine rings is 1. The fourth-order valence-electron chi connectivity index (χ4n) is 3.18. The molecule has 4 nitrogen and oxygen atoms in total. The van der Waals surface area contributed by atoms with Gasteiger partial charge in [0.25, 0.3) is 0 Å². The van der Waals surface area contributed by atoms with Gasteiger partial charge in [0.2, 0.25) is 0 Å². The van der Waals surface area contributed by atoms with E-state index in [1.807, 2.05) is 24.3 Å². The van der Waals surface area contributed by atoms with Crippen molar-refractivity contribution < 1.29 is 5.11 Å². The van der Waals surface area contributed by atoms with Gasteiger partial charge in [-0.15, -0.1) is 0 Å². The van der Waals surface area contributed by atoms with Gasteiger partial charge in [0.15, 0.2) is 0 Å². The van der Waals surface area contributed by atoms with Crippen molar-refractivity contribution in [3.63, 3.8) is 0 Å². The Hall–Kier alpha value is -0.650. The molecule has 0 aromatic heterocycles. The number of rotatable bonds is 7. The van der Waals surface area contributed by atoms with E-state index in [0.29, 0.717) is 17.6 Å². The van der Waals surface area contributed by atoms with E-state index in [1.54, 1.807) is 0 Å². The predicted molar refractivity (Wildman–Crippen MR) is 97.1 cm³/mol. The minimum atomic E-state index is -0.540. The smallest absolute Gasteiger partial charge is 0.0931 e. The standard InChI is InChI=1S/C18H30ClN3O/c1-20-10-8-15(9-11-20)22(3)13-12-21(2)14-18(23)16-6-4-5-7-17(16)19/h4-7,15,18,23H,8-14H2,1-3H3. The first kappa shape index (κ1) is 18.7. The van der Waals surface area contributed by atoms with Crippen LogP contribution in [0.25, 0.3) is 0 Å². The SMILES string of the molecule is CN1CCC(N(C)CCN(C)CC(O)c2ccccc2Cl)CC1. The Labute approximate surface area is 145 Å². The van der Waals surface area contributed by atoms with Gasteiger partial charge in [-0.3, -0.25) is 0 Å². The van der Waals surface area contributed by atoms with Crippen LogP contribution < -0.4 is 0 Å². The summed E-state index contributed by atoms with van der Waals surface area (Å²) in [4.78, 5) is 7.04. The number of benzene rings is 1. The van der Waals surface area contributed by atoms with Crippen LogP contribution in [0.1, 0.15) is 24.5 Å². The third kappa shape index (κ3) is 5.73. The van der Waals surface area contributed by atoms with Crippen LogP contribution in [-0.4, -0.2) is 79.7 Å². The van der Waals surface area contributed by atoms with Gasteiger partial charge >= 0.3 is 0 Å². The van der Waals surface area contributed by atoms with Crippen LogP contribution >= 0.6 is 11.6 Å². The maximum absolute atomic E-state index is 10.4. The van der Waals surface area contributed by atoms with Gasteiger partial charge in [0.05, 0.1) is 6.10 Å². The molecule has 1 N–H and O–H groups in total. The first-order chi connectivity index (χ1) is 11.0. The van der Waals surface area contributed by atoms with Gasteiger partial charge in [-0.05, 0) is 53.1 Å². The molecule has 1 heterocycles.